The fourth-order valence-electron chi connectivity index (χ4n) is 2.25. The number of halogens is 2. The standard InChI is InChI=1S/C17H13F2NO4/c1-22-13-7-2-4-10-8-14(24-15(10)13)16(21)20-11-5-3-6-12(9-11)23-17(18)19/h2-9,17H,1H3,(H,20,21). The summed E-state index contributed by atoms with van der Waals surface area (Å²) in [5.74, 6) is 0.0325. The second-order valence-corrected chi connectivity index (χ2v) is 4.85. The molecule has 1 aromatic heterocycles. The van der Waals surface area contributed by atoms with Gasteiger partial charge in [-0.3, -0.25) is 4.79 Å². The molecule has 0 fully saturated rings. The van der Waals surface area contributed by atoms with Crippen LogP contribution in [0.1, 0.15) is 10.6 Å². The summed E-state index contributed by atoms with van der Waals surface area (Å²) in [4.78, 5) is 12.3. The van der Waals surface area contributed by atoms with Crippen LogP contribution in [-0.2, 0) is 0 Å². The number of nitrogens with one attached hydrogen (secondary N) is 1. The summed E-state index contributed by atoms with van der Waals surface area (Å²) in [6.45, 7) is -2.93. The van der Waals surface area contributed by atoms with Gasteiger partial charge in [0.25, 0.3) is 5.91 Å². The molecule has 1 N–H and O–H groups in total. The zero-order valence-electron chi connectivity index (χ0n) is 12.6. The Morgan fingerprint density at radius 3 is 2.71 bits per heavy atom. The fraction of sp³-hybridized carbons (Fsp3) is 0.118. The summed E-state index contributed by atoms with van der Waals surface area (Å²) in [6.07, 6.45) is 0. The van der Waals surface area contributed by atoms with Gasteiger partial charge in [-0.05, 0) is 24.3 Å². The van der Waals surface area contributed by atoms with E-state index in [0.29, 0.717) is 22.4 Å². The summed E-state index contributed by atoms with van der Waals surface area (Å²) in [5, 5.41) is 3.29. The Kier molecular flexibility index (Phi) is 4.33. The number of methoxy groups -OCH3 is 1. The van der Waals surface area contributed by atoms with Crippen molar-refractivity contribution < 1.29 is 27.5 Å². The van der Waals surface area contributed by atoms with Crippen LogP contribution < -0.4 is 14.8 Å². The van der Waals surface area contributed by atoms with E-state index in [1.165, 1.54) is 25.3 Å². The van der Waals surface area contributed by atoms with E-state index >= 15 is 0 Å². The van der Waals surface area contributed by atoms with Gasteiger partial charge < -0.3 is 19.2 Å². The molecule has 0 spiro atoms. The number of hydrogen-bond donors (Lipinski definition) is 1. The summed E-state index contributed by atoms with van der Waals surface area (Å²) in [5.41, 5.74) is 0.769. The molecular formula is C17H13F2NO4. The largest absolute Gasteiger partial charge is 0.493 e. The van der Waals surface area contributed by atoms with Gasteiger partial charge in [0.1, 0.15) is 5.75 Å². The lowest BCUT2D eigenvalue weighted by molar-refractivity contribution is -0.0497. The minimum atomic E-state index is -2.93. The molecule has 7 heteroatoms. The average Bonchev–Trinajstić information content (AvgIpc) is 2.98. The Morgan fingerprint density at radius 1 is 1.17 bits per heavy atom. The number of alkyl halides is 2. The van der Waals surface area contributed by atoms with Gasteiger partial charge in [-0.2, -0.15) is 8.78 Å². The second kappa shape index (κ2) is 6.57. The maximum Gasteiger partial charge on any atom is 0.387 e. The molecule has 2 aromatic carbocycles. The van der Waals surface area contributed by atoms with Gasteiger partial charge in [-0.15, -0.1) is 0 Å². The number of carbonyl (C=O) groups excluding carboxylic acids is 1. The minimum absolute atomic E-state index is 0.0472. The number of ether oxygens (including phenoxy) is 2. The zero-order chi connectivity index (χ0) is 17.1. The molecule has 0 aliphatic rings. The molecule has 3 rings (SSSR count). The topological polar surface area (TPSA) is 60.7 Å². The Balaban J connectivity index is 1.82. The van der Waals surface area contributed by atoms with Crippen molar-refractivity contribution in [3.05, 3.63) is 54.3 Å². The van der Waals surface area contributed by atoms with Gasteiger partial charge in [0.05, 0.1) is 7.11 Å². The number of fused-ring (bicyclic) bond motifs is 1. The number of benzene rings is 2. The molecule has 1 amide bonds. The number of rotatable bonds is 5. The van der Waals surface area contributed by atoms with Gasteiger partial charge in [-0.25, -0.2) is 0 Å². The first-order valence-electron chi connectivity index (χ1n) is 6.99. The highest BCUT2D eigenvalue weighted by Crippen LogP contribution is 2.29. The highest BCUT2D eigenvalue weighted by atomic mass is 19.3. The van der Waals surface area contributed by atoms with E-state index in [2.05, 4.69) is 10.1 Å². The van der Waals surface area contributed by atoms with Crippen LogP contribution >= 0.6 is 0 Å². The third kappa shape index (κ3) is 3.29. The van der Waals surface area contributed by atoms with Crippen molar-refractivity contribution in [3.63, 3.8) is 0 Å². The van der Waals surface area contributed by atoms with Crippen LogP contribution in [-0.4, -0.2) is 19.6 Å². The maximum absolute atomic E-state index is 12.3. The van der Waals surface area contributed by atoms with Gasteiger partial charge in [0.2, 0.25) is 0 Å². The van der Waals surface area contributed by atoms with Crippen LogP contribution in [0.2, 0.25) is 0 Å². The van der Waals surface area contributed by atoms with E-state index in [-0.39, 0.29) is 11.5 Å². The van der Waals surface area contributed by atoms with Crippen LogP contribution in [0.3, 0.4) is 0 Å². The van der Waals surface area contributed by atoms with Crippen molar-refractivity contribution in [1.29, 1.82) is 0 Å². The third-order valence-corrected chi connectivity index (χ3v) is 3.27. The highest BCUT2D eigenvalue weighted by Gasteiger charge is 2.15. The number of carbonyl (C=O) groups is 1. The highest BCUT2D eigenvalue weighted by molar-refractivity contribution is 6.05. The first kappa shape index (κ1) is 15.8. The quantitative estimate of drug-likeness (QED) is 0.756. The van der Waals surface area contributed by atoms with Crippen molar-refractivity contribution >= 4 is 22.6 Å². The van der Waals surface area contributed by atoms with Crippen LogP contribution in [0.25, 0.3) is 11.0 Å². The first-order valence-corrected chi connectivity index (χ1v) is 6.99. The molecule has 24 heavy (non-hydrogen) atoms. The van der Waals surface area contributed by atoms with Crippen molar-refractivity contribution in [2.24, 2.45) is 0 Å². The number of amides is 1. The van der Waals surface area contributed by atoms with Crippen LogP contribution in [0.5, 0.6) is 11.5 Å². The molecule has 0 radical (unpaired) electrons. The minimum Gasteiger partial charge on any atom is -0.493 e. The summed E-state index contributed by atoms with van der Waals surface area (Å²) < 4.78 is 39.5. The van der Waals surface area contributed by atoms with E-state index < -0.39 is 12.5 Å². The predicted octanol–water partition coefficient (Wildman–Crippen LogP) is 4.30. The molecule has 1 heterocycles. The molecular weight excluding hydrogens is 320 g/mol. The Morgan fingerprint density at radius 2 is 1.96 bits per heavy atom. The van der Waals surface area contributed by atoms with Gasteiger partial charge in [0.15, 0.2) is 17.1 Å². The van der Waals surface area contributed by atoms with Crippen molar-refractivity contribution in [2.45, 2.75) is 6.61 Å². The third-order valence-electron chi connectivity index (χ3n) is 3.27. The van der Waals surface area contributed by atoms with Gasteiger partial charge in [-0.1, -0.05) is 18.2 Å². The van der Waals surface area contributed by atoms with Crippen molar-refractivity contribution in [1.82, 2.24) is 0 Å². The summed E-state index contributed by atoms with van der Waals surface area (Å²) in [6, 6.07) is 12.6. The van der Waals surface area contributed by atoms with Crippen LogP contribution in [0, 0.1) is 0 Å². The van der Waals surface area contributed by atoms with Crippen molar-refractivity contribution in [3.8, 4) is 11.5 Å². The van der Waals surface area contributed by atoms with E-state index in [1.807, 2.05) is 0 Å². The normalized spacial score (nSPS) is 10.8. The Labute approximate surface area is 135 Å². The average molecular weight is 333 g/mol. The number of hydrogen-bond acceptors (Lipinski definition) is 4. The monoisotopic (exact) mass is 333 g/mol. The van der Waals surface area contributed by atoms with Crippen LogP contribution in [0.4, 0.5) is 14.5 Å². The zero-order valence-corrected chi connectivity index (χ0v) is 12.6. The Bertz CT molecular complexity index is 876. The molecule has 0 saturated heterocycles. The van der Waals surface area contributed by atoms with E-state index in [1.54, 1.807) is 30.3 Å². The first-order chi connectivity index (χ1) is 11.6. The van der Waals surface area contributed by atoms with Crippen LogP contribution in [0.15, 0.2) is 52.9 Å². The smallest absolute Gasteiger partial charge is 0.387 e. The fourth-order valence-corrected chi connectivity index (χ4v) is 2.25. The summed E-state index contributed by atoms with van der Waals surface area (Å²) >= 11 is 0. The molecule has 0 atom stereocenters. The van der Waals surface area contributed by atoms with E-state index in [0.717, 1.165) is 0 Å². The van der Waals surface area contributed by atoms with E-state index in [9.17, 15) is 13.6 Å². The van der Waals surface area contributed by atoms with Gasteiger partial charge in [0, 0.05) is 17.1 Å². The molecule has 0 aliphatic carbocycles. The molecule has 3 aromatic rings. The second-order valence-electron chi connectivity index (χ2n) is 4.85. The molecule has 0 unspecified atom stereocenters. The van der Waals surface area contributed by atoms with Gasteiger partial charge >= 0.3 is 6.61 Å². The maximum atomic E-state index is 12.3. The molecule has 5 nitrogen and oxygen atoms in total. The molecule has 124 valence electrons. The lowest BCUT2D eigenvalue weighted by Gasteiger charge is -2.07. The molecule has 0 saturated carbocycles. The lowest BCUT2D eigenvalue weighted by atomic mass is 10.2. The SMILES string of the molecule is COc1cccc2cc(C(=O)Nc3cccc(OC(F)F)c3)oc12. The molecule has 0 bridgehead atoms. The Hall–Kier alpha value is -3.09. The number of anilines is 1. The van der Waals surface area contributed by atoms with Crippen molar-refractivity contribution in [2.75, 3.05) is 12.4 Å². The van der Waals surface area contributed by atoms with E-state index in [4.69, 9.17) is 9.15 Å². The number of furan rings is 1. The summed E-state index contributed by atoms with van der Waals surface area (Å²) in [7, 11) is 1.51. The number of para-hydroxylation sites is 1. The lowest BCUT2D eigenvalue weighted by Crippen LogP contribution is -2.11. The predicted molar refractivity (Wildman–Crippen MR) is 83.8 cm³/mol. The molecule has 0 aliphatic heterocycles.